The zero-order chi connectivity index (χ0) is 17.9. The van der Waals surface area contributed by atoms with Gasteiger partial charge < -0.3 is 10.3 Å². The number of Topliss-reactive ketones (excluding diaryl/α,β-unsaturated/α-hetero) is 1. The van der Waals surface area contributed by atoms with E-state index < -0.39 is 0 Å². The van der Waals surface area contributed by atoms with Gasteiger partial charge in [-0.2, -0.15) is 0 Å². The minimum Gasteiger partial charge on any atom is -0.360 e. The highest BCUT2D eigenvalue weighted by Gasteiger charge is 2.14. The van der Waals surface area contributed by atoms with Gasteiger partial charge in [0.15, 0.2) is 10.1 Å². The lowest BCUT2D eigenvalue weighted by molar-refractivity contribution is 0.102. The number of ketones is 1. The molecule has 0 saturated heterocycles. The standard InChI is InChI=1S/C19H16N4OS2/c1-12-5-4-6-13(9-12)21-18-22-23-19(26-18)25-11-17(24)15-10-20-16-8-3-2-7-14(15)16/h2-10,20H,11H2,1H3,(H,21,22). The first kappa shape index (κ1) is 16.8. The minimum absolute atomic E-state index is 0.0795. The summed E-state index contributed by atoms with van der Waals surface area (Å²) in [5.74, 6) is 0.414. The SMILES string of the molecule is Cc1cccc(Nc2nnc(SCC(=O)c3c[nH]c4ccccc34)s2)c1. The topological polar surface area (TPSA) is 70.7 Å². The van der Waals surface area contributed by atoms with E-state index in [1.165, 1.54) is 28.7 Å². The molecule has 0 aliphatic heterocycles. The minimum atomic E-state index is 0.0795. The highest BCUT2D eigenvalue weighted by atomic mass is 32.2. The number of anilines is 2. The van der Waals surface area contributed by atoms with Gasteiger partial charge in [-0.05, 0) is 30.7 Å². The first-order valence-corrected chi connectivity index (χ1v) is 9.88. The number of aromatic amines is 1. The van der Waals surface area contributed by atoms with Crippen molar-refractivity contribution in [1.82, 2.24) is 15.2 Å². The first-order valence-electron chi connectivity index (χ1n) is 8.08. The molecule has 4 rings (SSSR count). The second-order valence-corrected chi connectivity index (χ2v) is 8.03. The van der Waals surface area contributed by atoms with E-state index in [0.29, 0.717) is 5.75 Å². The summed E-state index contributed by atoms with van der Waals surface area (Å²) in [5, 5.41) is 13.2. The molecule has 0 bridgehead atoms. The van der Waals surface area contributed by atoms with Gasteiger partial charge in [0.25, 0.3) is 0 Å². The molecule has 0 saturated carbocycles. The van der Waals surface area contributed by atoms with Gasteiger partial charge in [-0.1, -0.05) is 53.4 Å². The van der Waals surface area contributed by atoms with E-state index >= 15 is 0 Å². The van der Waals surface area contributed by atoms with Crippen molar-refractivity contribution in [2.45, 2.75) is 11.3 Å². The number of para-hydroxylation sites is 1. The molecule has 2 heterocycles. The monoisotopic (exact) mass is 380 g/mol. The van der Waals surface area contributed by atoms with Gasteiger partial charge in [-0.15, -0.1) is 10.2 Å². The molecule has 0 fully saturated rings. The van der Waals surface area contributed by atoms with Crippen molar-refractivity contribution in [3.8, 4) is 0 Å². The van der Waals surface area contributed by atoms with Crippen LogP contribution in [-0.4, -0.2) is 26.7 Å². The normalized spacial score (nSPS) is 11.0. The van der Waals surface area contributed by atoms with Crippen LogP contribution in [0.2, 0.25) is 0 Å². The zero-order valence-corrected chi connectivity index (χ0v) is 15.7. The third-order valence-electron chi connectivity index (χ3n) is 3.89. The first-order chi connectivity index (χ1) is 12.7. The summed E-state index contributed by atoms with van der Waals surface area (Å²) in [4.78, 5) is 15.7. The number of carbonyl (C=O) groups is 1. The van der Waals surface area contributed by atoms with Crippen molar-refractivity contribution < 1.29 is 4.79 Å². The maximum Gasteiger partial charge on any atom is 0.210 e. The molecule has 0 radical (unpaired) electrons. The molecule has 2 aromatic heterocycles. The van der Waals surface area contributed by atoms with Crippen molar-refractivity contribution in [2.75, 3.05) is 11.1 Å². The van der Waals surface area contributed by atoms with E-state index in [-0.39, 0.29) is 5.78 Å². The lowest BCUT2D eigenvalue weighted by Crippen LogP contribution is -2.01. The Bertz CT molecular complexity index is 1070. The van der Waals surface area contributed by atoms with Gasteiger partial charge in [0.05, 0.1) is 5.75 Å². The average Bonchev–Trinajstić information content (AvgIpc) is 3.26. The Kier molecular flexibility index (Phi) is 4.73. The molecule has 0 unspecified atom stereocenters. The van der Waals surface area contributed by atoms with Crippen LogP contribution < -0.4 is 5.32 Å². The number of nitrogens with one attached hydrogen (secondary N) is 2. The van der Waals surface area contributed by atoms with Crippen molar-refractivity contribution in [2.24, 2.45) is 0 Å². The molecule has 0 amide bonds. The number of aromatic nitrogens is 3. The highest BCUT2D eigenvalue weighted by Crippen LogP contribution is 2.29. The van der Waals surface area contributed by atoms with Gasteiger partial charge in [0.2, 0.25) is 5.13 Å². The number of benzene rings is 2. The summed E-state index contributed by atoms with van der Waals surface area (Å²) in [6.07, 6.45) is 1.78. The molecule has 2 aromatic carbocycles. The fraction of sp³-hybridized carbons (Fsp3) is 0.105. The van der Waals surface area contributed by atoms with Crippen molar-refractivity contribution in [3.05, 3.63) is 65.9 Å². The quantitative estimate of drug-likeness (QED) is 0.362. The molecule has 4 aromatic rings. The molecular formula is C19H16N4OS2. The van der Waals surface area contributed by atoms with Crippen LogP contribution >= 0.6 is 23.1 Å². The summed E-state index contributed by atoms with van der Waals surface area (Å²) in [6, 6.07) is 15.9. The van der Waals surface area contributed by atoms with E-state index in [1.54, 1.807) is 6.20 Å². The summed E-state index contributed by atoms with van der Waals surface area (Å²) in [7, 11) is 0. The largest absolute Gasteiger partial charge is 0.360 e. The second-order valence-electron chi connectivity index (χ2n) is 5.83. The number of rotatable bonds is 6. The molecule has 0 spiro atoms. The molecular weight excluding hydrogens is 364 g/mol. The fourth-order valence-electron chi connectivity index (χ4n) is 2.67. The lowest BCUT2D eigenvalue weighted by Gasteiger charge is -2.01. The van der Waals surface area contributed by atoms with Crippen LogP contribution in [0.25, 0.3) is 10.9 Å². The Morgan fingerprint density at radius 1 is 1.19 bits per heavy atom. The van der Waals surface area contributed by atoms with E-state index in [2.05, 4.69) is 26.6 Å². The van der Waals surface area contributed by atoms with E-state index in [0.717, 1.165) is 31.6 Å². The van der Waals surface area contributed by atoms with Gasteiger partial charge >= 0.3 is 0 Å². The lowest BCUT2D eigenvalue weighted by atomic mass is 10.1. The van der Waals surface area contributed by atoms with Crippen LogP contribution in [0, 0.1) is 6.92 Å². The van der Waals surface area contributed by atoms with Crippen LogP contribution in [0.1, 0.15) is 15.9 Å². The Labute approximate surface area is 158 Å². The van der Waals surface area contributed by atoms with Gasteiger partial charge in [0, 0.05) is 28.4 Å². The Hall–Kier alpha value is -2.64. The van der Waals surface area contributed by atoms with Crippen molar-refractivity contribution in [1.29, 1.82) is 0 Å². The number of hydrogen-bond donors (Lipinski definition) is 2. The van der Waals surface area contributed by atoms with Crippen LogP contribution in [-0.2, 0) is 0 Å². The number of H-pyrrole nitrogens is 1. The molecule has 0 aliphatic carbocycles. The van der Waals surface area contributed by atoms with Gasteiger partial charge in [-0.3, -0.25) is 4.79 Å². The molecule has 130 valence electrons. The third-order valence-corrected chi connectivity index (χ3v) is 5.86. The second kappa shape index (κ2) is 7.31. The van der Waals surface area contributed by atoms with Gasteiger partial charge in [0.1, 0.15) is 0 Å². The van der Waals surface area contributed by atoms with Gasteiger partial charge in [-0.25, -0.2) is 0 Å². The third kappa shape index (κ3) is 3.63. The Balaban J connectivity index is 1.41. The summed E-state index contributed by atoms with van der Waals surface area (Å²) >= 11 is 2.86. The molecule has 7 heteroatoms. The molecule has 2 N–H and O–H groups in total. The Morgan fingerprint density at radius 2 is 2.08 bits per heavy atom. The average molecular weight is 380 g/mol. The smallest absolute Gasteiger partial charge is 0.210 e. The van der Waals surface area contributed by atoms with Crippen LogP contribution in [0.15, 0.2) is 59.1 Å². The number of hydrogen-bond acceptors (Lipinski definition) is 6. The maximum absolute atomic E-state index is 12.5. The number of aryl methyl sites for hydroxylation is 1. The van der Waals surface area contributed by atoms with E-state index in [9.17, 15) is 4.79 Å². The molecule has 5 nitrogen and oxygen atoms in total. The van der Waals surface area contributed by atoms with Crippen molar-refractivity contribution in [3.63, 3.8) is 0 Å². The van der Waals surface area contributed by atoms with Crippen LogP contribution in [0.4, 0.5) is 10.8 Å². The number of fused-ring (bicyclic) bond motifs is 1. The van der Waals surface area contributed by atoms with E-state index in [1.807, 2.05) is 49.4 Å². The van der Waals surface area contributed by atoms with E-state index in [4.69, 9.17) is 0 Å². The zero-order valence-electron chi connectivity index (χ0n) is 14.0. The number of nitrogens with zero attached hydrogens (tertiary/aromatic N) is 2. The highest BCUT2D eigenvalue weighted by molar-refractivity contribution is 8.01. The number of thioether (sulfide) groups is 1. The Morgan fingerprint density at radius 3 is 2.96 bits per heavy atom. The molecule has 26 heavy (non-hydrogen) atoms. The molecule has 0 atom stereocenters. The number of carbonyl (C=O) groups excluding carboxylic acids is 1. The van der Waals surface area contributed by atoms with Crippen molar-refractivity contribution >= 4 is 50.6 Å². The summed E-state index contributed by atoms with van der Waals surface area (Å²) in [6.45, 7) is 2.04. The predicted molar refractivity (Wildman–Crippen MR) is 108 cm³/mol. The van der Waals surface area contributed by atoms with Crippen LogP contribution in [0.5, 0.6) is 0 Å². The summed E-state index contributed by atoms with van der Waals surface area (Å²) in [5.41, 5.74) is 3.85. The molecule has 0 aliphatic rings. The maximum atomic E-state index is 12.5. The predicted octanol–water partition coefficient (Wildman–Crippen LogP) is 5.05. The summed E-state index contributed by atoms with van der Waals surface area (Å²) < 4.78 is 0.772. The van der Waals surface area contributed by atoms with Crippen LogP contribution in [0.3, 0.4) is 0 Å². The fourth-order valence-corrected chi connectivity index (χ4v) is 4.33.